The molecule has 2 aromatic carbocycles. The molecule has 0 N–H and O–H groups in total. The molecule has 0 unspecified atom stereocenters. The second-order valence-corrected chi connectivity index (χ2v) is 4.21. The van der Waals surface area contributed by atoms with Gasteiger partial charge in [-0.15, -0.1) is 0 Å². The van der Waals surface area contributed by atoms with Gasteiger partial charge in [-0.2, -0.15) is 0 Å². The van der Waals surface area contributed by atoms with Crippen LogP contribution in [0.25, 0.3) is 11.7 Å². The number of halogens is 3. The second kappa shape index (κ2) is 6.35. The molecule has 0 aliphatic carbocycles. The molecule has 0 atom stereocenters. The van der Waals surface area contributed by atoms with Crippen LogP contribution < -0.4 is 9.47 Å². The van der Waals surface area contributed by atoms with Crippen molar-refractivity contribution in [1.29, 1.82) is 0 Å². The number of methoxy groups -OCH3 is 2. The highest BCUT2D eigenvalue weighted by molar-refractivity contribution is 5.83. The van der Waals surface area contributed by atoms with Crippen LogP contribution in [0, 0.1) is 5.82 Å². The van der Waals surface area contributed by atoms with Crippen LogP contribution in [0.5, 0.6) is 11.5 Å². The predicted molar refractivity (Wildman–Crippen MR) is 75.0 cm³/mol. The second-order valence-electron chi connectivity index (χ2n) is 4.21. The van der Waals surface area contributed by atoms with E-state index in [1.54, 1.807) is 0 Å². The lowest BCUT2D eigenvalue weighted by Gasteiger charge is -2.06. The van der Waals surface area contributed by atoms with Gasteiger partial charge in [-0.1, -0.05) is 0 Å². The molecule has 0 saturated heterocycles. The van der Waals surface area contributed by atoms with Gasteiger partial charge >= 0.3 is 0 Å². The van der Waals surface area contributed by atoms with Crippen molar-refractivity contribution in [2.45, 2.75) is 0 Å². The molecule has 0 saturated carbocycles. The Morgan fingerprint density at radius 3 is 1.90 bits per heavy atom. The van der Waals surface area contributed by atoms with Crippen LogP contribution in [-0.2, 0) is 0 Å². The van der Waals surface area contributed by atoms with E-state index in [2.05, 4.69) is 0 Å². The van der Waals surface area contributed by atoms with Gasteiger partial charge < -0.3 is 9.47 Å². The summed E-state index contributed by atoms with van der Waals surface area (Å²) < 4.78 is 51.3. The van der Waals surface area contributed by atoms with Crippen LogP contribution in [0.1, 0.15) is 11.1 Å². The van der Waals surface area contributed by atoms with Crippen molar-refractivity contribution >= 4 is 11.7 Å². The summed E-state index contributed by atoms with van der Waals surface area (Å²) >= 11 is 0. The molecule has 0 aromatic heterocycles. The summed E-state index contributed by atoms with van der Waals surface area (Å²) in [7, 11) is 2.77. The van der Waals surface area contributed by atoms with E-state index in [-0.39, 0.29) is 16.9 Å². The van der Waals surface area contributed by atoms with Gasteiger partial charge in [0.25, 0.3) is 0 Å². The Balaban J connectivity index is 2.38. The third-order valence-electron chi connectivity index (χ3n) is 2.94. The average molecular weight is 294 g/mol. The summed E-state index contributed by atoms with van der Waals surface area (Å²) in [5.41, 5.74) is -0.147. The largest absolute Gasteiger partial charge is 0.497 e. The van der Waals surface area contributed by atoms with Crippen molar-refractivity contribution in [2.75, 3.05) is 14.2 Å². The summed E-state index contributed by atoms with van der Waals surface area (Å²) in [6.07, 6.45) is 0. The molecule has 0 fully saturated rings. The fourth-order valence-corrected chi connectivity index (χ4v) is 1.79. The standard InChI is InChI=1S/C16H13F3O2/c1-20-12-6-3-10(4-7-12)15(18)16(19)11-5-8-14(21-2)13(17)9-11/h3-9H,1-2H3/b16-15+. The summed E-state index contributed by atoms with van der Waals surface area (Å²) in [4.78, 5) is 0. The molecule has 0 heterocycles. The minimum Gasteiger partial charge on any atom is -0.497 e. The summed E-state index contributed by atoms with van der Waals surface area (Å²) in [5, 5.41) is 0. The summed E-state index contributed by atoms with van der Waals surface area (Å²) in [6.45, 7) is 0. The predicted octanol–water partition coefficient (Wildman–Crippen LogP) is 4.61. The van der Waals surface area contributed by atoms with E-state index in [9.17, 15) is 13.2 Å². The van der Waals surface area contributed by atoms with Crippen LogP contribution in [0.4, 0.5) is 13.2 Å². The van der Waals surface area contributed by atoms with Crippen molar-refractivity contribution in [2.24, 2.45) is 0 Å². The quantitative estimate of drug-likeness (QED) is 0.767. The van der Waals surface area contributed by atoms with Crippen LogP contribution in [0.3, 0.4) is 0 Å². The van der Waals surface area contributed by atoms with Crippen LogP contribution in [0.2, 0.25) is 0 Å². The van der Waals surface area contributed by atoms with Crippen LogP contribution in [0.15, 0.2) is 42.5 Å². The van der Waals surface area contributed by atoms with Gasteiger partial charge in [0.05, 0.1) is 14.2 Å². The van der Waals surface area contributed by atoms with Gasteiger partial charge in [-0.05, 0) is 42.5 Å². The molecular weight excluding hydrogens is 281 g/mol. The zero-order chi connectivity index (χ0) is 15.4. The van der Waals surface area contributed by atoms with Crippen LogP contribution >= 0.6 is 0 Å². The molecule has 0 bridgehead atoms. The molecule has 0 aliphatic heterocycles. The maximum atomic E-state index is 14.1. The first-order valence-electron chi connectivity index (χ1n) is 6.10. The Labute approximate surface area is 120 Å². The molecule has 0 amide bonds. The molecule has 2 rings (SSSR count). The lowest BCUT2D eigenvalue weighted by atomic mass is 10.1. The first kappa shape index (κ1) is 15.0. The highest BCUT2D eigenvalue weighted by atomic mass is 19.2. The summed E-state index contributed by atoms with van der Waals surface area (Å²) in [6, 6.07) is 9.16. The van der Waals surface area contributed by atoms with Gasteiger partial charge in [0, 0.05) is 11.1 Å². The van der Waals surface area contributed by atoms with Crippen molar-refractivity contribution in [3.8, 4) is 11.5 Å². The maximum absolute atomic E-state index is 14.1. The minimum atomic E-state index is -1.14. The van der Waals surface area contributed by atoms with Crippen molar-refractivity contribution < 1.29 is 22.6 Å². The first-order chi connectivity index (χ1) is 10.1. The van der Waals surface area contributed by atoms with E-state index < -0.39 is 17.5 Å². The van der Waals surface area contributed by atoms with Crippen molar-refractivity contribution in [3.05, 3.63) is 59.4 Å². The van der Waals surface area contributed by atoms with Gasteiger partial charge in [0.15, 0.2) is 23.2 Å². The minimum absolute atomic E-state index is 0.0311. The smallest absolute Gasteiger partial charge is 0.166 e. The number of hydrogen-bond acceptors (Lipinski definition) is 2. The van der Waals surface area contributed by atoms with Gasteiger partial charge in [-0.25, -0.2) is 13.2 Å². The van der Waals surface area contributed by atoms with E-state index >= 15 is 0 Å². The third kappa shape index (κ3) is 3.18. The van der Waals surface area contributed by atoms with Gasteiger partial charge in [-0.3, -0.25) is 0 Å². The lowest BCUT2D eigenvalue weighted by Crippen LogP contribution is -1.91. The molecule has 2 nitrogen and oxygen atoms in total. The summed E-state index contributed by atoms with van der Waals surface area (Å²) in [5.74, 6) is -2.46. The average Bonchev–Trinajstić information content (AvgIpc) is 2.53. The lowest BCUT2D eigenvalue weighted by molar-refractivity contribution is 0.386. The molecule has 0 radical (unpaired) electrons. The fourth-order valence-electron chi connectivity index (χ4n) is 1.79. The zero-order valence-corrected chi connectivity index (χ0v) is 11.5. The molecular formula is C16H13F3O2. The number of hydrogen-bond donors (Lipinski definition) is 0. The van der Waals surface area contributed by atoms with Crippen LogP contribution in [-0.4, -0.2) is 14.2 Å². The Kier molecular flexibility index (Phi) is 4.52. The van der Waals surface area contributed by atoms with E-state index in [0.717, 1.165) is 6.07 Å². The molecule has 21 heavy (non-hydrogen) atoms. The normalized spacial score (nSPS) is 11.9. The zero-order valence-electron chi connectivity index (χ0n) is 11.5. The van der Waals surface area contributed by atoms with Gasteiger partial charge in [0.1, 0.15) is 5.75 Å². The SMILES string of the molecule is COc1ccc(/C(F)=C(\F)c2ccc(OC)c(F)c2)cc1. The number of rotatable bonds is 4. The maximum Gasteiger partial charge on any atom is 0.166 e. The van der Waals surface area contributed by atoms with E-state index in [1.807, 2.05) is 0 Å². The molecule has 0 aliphatic rings. The van der Waals surface area contributed by atoms with Crippen molar-refractivity contribution in [3.63, 3.8) is 0 Å². The van der Waals surface area contributed by atoms with Gasteiger partial charge in [0.2, 0.25) is 0 Å². The first-order valence-corrected chi connectivity index (χ1v) is 6.10. The molecule has 2 aromatic rings. The molecule has 5 heteroatoms. The monoisotopic (exact) mass is 294 g/mol. The Bertz CT molecular complexity index is 664. The fraction of sp³-hybridized carbons (Fsp3) is 0.125. The Morgan fingerprint density at radius 2 is 1.38 bits per heavy atom. The third-order valence-corrected chi connectivity index (χ3v) is 2.94. The molecule has 110 valence electrons. The van der Waals surface area contributed by atoms with E-state index in [4.69, 9.17) is 9.47 Å². The topological polar surface area (TPSA) is 18.5 Å². The number of benzene rings is 2. The van der Waals surface area contributed by atoms with E-state index in [0.29, 0.717) is 5.75 Å². The highest BCUT2D eigenvalue weighted by Gasteiger charge is 2.14. The number of ether oxygens (including phenoxy) is 2. The van der Waals surface area contributed by atoms with Crippen molar-refractivity contribution in [1.82, 2.24) is 0 Å². The Morgan fingerprint density at radius 1 is 0.810 bits per heavy atom. The van der Waals surface area contributed by atoms with E-state index in [1.165, 1.54) is 50.6 Å². The Hall–Kier alpha value is -2.43. The molecule has 0 spiro atoms. The highest BCUT2D eigenvalue weighted by Crippen LogP contribution is 2.31.